The molecule has 20 heavy (non-hydrogen) atoms. The van der Waals surface area contributed by atoms with E-state index in [9.17, 15) is 0 Å². The Morgan fingerprint density at radius 2 is 1.15 bits per heavy atom. The third kappa shape index (κ3) is 1.96. The number of hydrogen-bond acceptors (Lipinski definition) is 4. The van der Waals surface area contributed by atoms with E-state index < -0.39 is 7.27 Å². The first-order chi connectivity index (χ1) is 9.81. The van der Waals surface area contributed by atoms with Crippen LogP contribution >= 0.6 is 18.5 Å². The van der Waals surface area contributed by atoms with Crippen molar-refractivity contribution in [2.75, 3.05) is 13.6 Å². The van der Waals surface area contributed by atoms with Crippen molar-refractivity contribution in [2.45, 2.75) is 0 Å². The third-order valence-electron chi connectivity index (χ3n) is 3.17. The van der Waals surface area contributed by atoms with Crippen LogP contribution in [0.4, 0.5) is 0 Å². The molecule has 0 aliphatic carbocycles. The largest absolute Gasteiger partial charge is 0.454 e. The van der Waals surface area contributed by atoms with Gasteiger partial charge in [0.05, 0.1) is 7.27 Å². The molecule has 0 aromatic heterocycles. The van der Waals surface area contributed by atoms with E-state index in [2.05, 4.69) is 0 Å². The van der Waals surface area contributed by atoms with Gasteiger partial charge in [0.2, 0.25) is 13.6 Å². The van der Waals surface area contributed by atoms with Crippen LogP contribution in [-0.4, -0.2) is 13.6 Å². The Morgan fingerprint density at radius 1 is 0.700 bits per heavy atom. The summed E-state index contributed by atoms with van der Waals surface area (Å²) in [5.41, 5.74) is 0. The average Bonchev–Trinajstić information content (AvgIpc) is 3.13. The molecule has 6 heteroatoms. The summed E-state index contributed by atoms with van der Waals surface area (Å²) in [5, 5.41) is 2.04. The van der Waals surface area contributed by atoms with E-state index in [1.165, 1.54) is 0 Å². The van der Waals surface area contributed by atoms with Crippen molar-refractivity contribution in [3.63, 3.8) is 0 Å². The molecule has 4 rings (SSSR count). The van der Waals surface area contributed by atoms with Crippen molar-refractivity contribution < 1.29 is 18.9 Å². The fourth-order valence-corrected chi connectivity index (χ4v) is 3.96. The predicted octanol–water partition coefficient (Wildman–Crippen LogP) is 2.73. The molecule has 102 valence electrons. The topological polar surface area (TPSA) is 36.9 Å². The summed E-state index contributed by atoms with van der Waals surface area (Å²) in [6.07, 6.45) is 0. The molecule has 0 saturated heterocycles. The van der Waals surface area contributed by atoms with E-state index in [0.29, 0.717) is 0 Å². The lowest BCUT2D eigenvalue weighted by atomic mass is 10.3. The van der Waals surface area contributed by atoms with Crippen LogP contribution in [0.1, 0.15) is 0 Å². The van der Waals surface area contributed by atoms with Gasteiger partial charge in [0.1, 0.15) is 0 Å². The van der Waals surface area contributed by atoms with Crippen molar-refractivity contribution in [3.05, 3.63) is 36.4 Å². The SMILES string of the molecule is ClP(c1ccc2c(c1)OCO2)c1ccc2c(c1)OCO2. The van der Waals surface area contributed by atoms with Crippen LogP contribution in [0, 0.1) is 0 Å². The van der Waals surface area contributed by atoms with Crippen molar-refractivity contribution in [1.29, 1.82) is 0 Å². The molecular formula is C14H10ClO4P. The van der Waals surface area contributed by atoms with E-state index in [0.717, 1.165) is 33.6 Å². The minimum Gasteiger partial charge on any atom is -0.454 e. The first-order valence-electron chi connectivity index (χ1n) is 6.06. The Balaban J connectivity index is 1.68. The van der Waals surface area contributed by atoms with E-state index in [4.69, 9.17) is 30.2 Å². The molecule has 2 aliphatic heterocycles. The lowest BCUT2D eigenvalue weighted by Gasteiger charge is -2.11. The van der Waals surface area contributed by atoms with E-state index in [1.54, 1.807) is 0 Å². The maximum Gasteiger partial charge on any atom is 0.231 e. The van der Waals surface area contributed by atoms with Gasteiger partial charge in [-0.05, 0) is 47.0 Å². The average molecular weight is 309 g/mol. The first kappa shape index (κ1) is 12.1. The van der Waals surface area contributed by atoms with Crippen molar-refractivity contribution >= 4 is 29.1 Å². The Morgan fingerprint density at radius 3 is 1.65 bits per heavy atom. The molecule has 0 unspecified atom stereocenters. The summed E-state index contributed by atoms with van der Waals surface area (Å²) in [5.74, 6) is 3.02. The Bertz CT molecular complexity index is 619. The predicted molar refractivity (Wildman–Crippen MR) is 77.2 cm³/mol. The summed E-state index contributed by atoms with van der Waals surface area (Å²) >= 11 is 6.61. The van der Waals surface area contributed by atoms with Gasteiger partial charge in [-0.15, -0.1) is 0 Å². The Kier molecular flexibility index (Phi) is 2.86. The fourth-order valence-electron chi connectivity index (χ4n) is 2.16. The van der Waals surface area contributed by atoms with Crippen LogP contribution in [0.25, 0.3) is 0 Å². The van der Waals surface area contributed by atoms with E-state index in [-0.39, 0.29) is 13.6 Å². The number of hydrogen-bond donors (Lipinski definition) is 0. The summed E-state index contributed by atoms with van der Waals surface area (Å²) in [6, 6.07) is 11.6. The van der Waals surface area contributed by atoms with Crippen LogP contribution in [0.2, 0.25) is 0 Å². The molecule has 2 heterocycles. The molecule has 2 aromatic carbocycles. The smallest absolute Gasteiger partial charge is 0.231 e. The lowest BCUT2D eigenvalue weighted by molar-refractivity contribution is 0.173. The van der Waals surface area contributed by atoms with Crippen LogP contribution < -0.4 is 29.6 Å². The van der Waals surface area contributed by atoms with Crippen LogP contribution in [0.5, 0.6) is 23.0 Å². The number of rotatable bonds is 2. The monoisotopic (exact) mass is 308 g/mol. The summed E-state index contributed by atoms with van der Waals surface area (Å²) < 4.78 is 21.4. The molecule has 2 aliphatic rings. The standard InChI is InChI=1S/C14H10ClO4P/c15-20(9-1-3-11-13(5-9)18-7-16-11)10-2-4-12-14(6-10)19-8-17-12/h1-6H,7-8H2. The lowest BCUT2D eigenvalue weighted by Crippen LogP contribution is -2.07. The highest BCUT2D eigenvalue weighted by molar-refractivity contribution is 7.95. The molecule has 2 aromatic rings. The van der Waals surface area contributed by atoms with Crippen LogP contribution in [0.3, 0.4) is 0 Å². The molecule has 0 spiro atoms. The normalized spacial score (nSPS) is 14.9. The number of benzene rings is 2. The van der Waals surface area contributed by atoms with Gasteiger partial charge in [-0.1, -0.05) is 11.2 Å². The van der Waals surface area contributed by atoms with Crippen molar-refractivity contribution in [3.8, 4) is 23.0 Å². The Labute approximate surface area is 121 Å². The molecule has 0 saturated carbocycles. The second-order valence-corrected chi connectivity index (χ2v) is 6.96. The molecule has 0 fully saturated rings. The van der Waals surface area contributed by atoms with Crippen molar-refractivity contribution in [2.24, 2.45) is 0 Å². The second kappa shape index (κ2) is 4.72. The molecular weight excluding hydrogens is 299 g/mol. The van der Waals surface area contributed by atoms with Crippen molar-refractivity contribution in [1.82, 2.24) is 0 Å². The van der Waals surface area contributed by atoms with Gasteiger partial charge in [0.25, 0.3) is 0 Å². The molecule has 0 atom stereocenters. The quantitative estimate of drug-likeness (QED) is 0.799. The number of fused-ring (bicyclic) bond motifs is 2. The van der Waals surface area contributed by atoms with Gasteiger partial charge in [0, 0.05) is 0 Å². The van der Waals surface area contributed by atoms with Crippen LogP contribution in [-0.2, 0) is 0 Å². The zero-order valence-corrected chi connectivity index (χ0v) is 12.0. The summed E-state index contributed by atoms with van der Waals surface area (Å²) in [4.78, 5) is 0. The second-order valence-electron chi connectivity index (χ2n) is 4.36. The number of halogens is 1. The zero-order chi connectivity index (χ0) is 13.5. The first-order valence-corrected chi connectivity index (χ1v) is 8.31. The minimum atomic E-state index is -0.983. The maximum atomic E-state index is 6.61. The molecule has 4 nitrogen and oxygen atoms in total. The highest BCUT2D eigenvalue weighted by Gasteiger charge is 2.20. The number of ether oxygens (including phenoxy) is 4. The van der Waals surface area contributed by atoms with Gasteiger partial charge in [-0.25, -0.2) is 0 Å². The molecule has 0 N–H and O–H groups in total. The zero-order valence-electron chi connectivity index (χ0n) is 10.3. The minimum absolute atomic E-state index is 0.267. The highest BCUT2D eigenvalue weighted by atomic mass is 35.7. The highest BCUT2D eigenvalue weighted by Crippen LogP contribution is 2.44. The van der Waals surface area contributed by atoms with Gasteiger partial charge in [-0.3, -0.25) is 0 Å². The summed E-state index contributed by atoms with van der Waals surface area (Å²) in [7, 11) is -0.983. The Hall–Kier alpha value is -1.64. The van der Waals surface area contributed by atoms with Gasteiger partial charge >= 0.3 is 0 Å². The maximum absolute atomic E-state index is 6.61. The molecule has 0 amide bonds. The van der Waals surface area contributed by atoms with Crippen LogP contribution in [0.15, 0.2) is 36.4 Å². The fraction of sp³-hybridized carbons (Fsp3) is 0.143. The van der Waals surface area contributed by atoms with Gasteiger partial charge < -0.3 is 18.9 Å². The van der Waals surface area contributed by atoms with Gasteiger partial charge in [-0.2, -0.15) is 0 Å². The van der Waals surface area contributed by atoms with E-state index in [1.807, 2.05) is 36.4 Å². The third-order valence-corrected chi connectivity index (χ3v) is 5.80. The molecule has 0 bridgehead atoms. The summed E-state index contributed by atoms with van der Waals surface area (Å²) in [6.45, 7) is 0.534. The van der Waals surface area contributed by atoms with Gasteiger partial charge in [0.15, 0.2) is 23.0 Å². The van der Waals surface area contributed by atoms with E-state index >= 15 is 0 Å². The molecule has 0 radical (unpaired) electrons.